The molecule has 0 aliphatic carbocycles. The predicted molar refractivity (Wildman–Crippen MR) is 118 cm³/mol. The van der Waals surface area contributed by atoms with Gasteiger partial charge in [-0.2, -0.15) is 4.31 Å². The fourth-order valence-corrected chi connectivity index (χ4v) is 5.45. The molecule has 1 aromatic heterocycles. The van der Waals surface area contributed by atoms with Crippen LogP contribution in [0.25, 0.3) is 11.1 Å². The van der Waals surface area contributed by atoms with Crippen LogP contribution in [-0.2, 0) is 28.4 Å². The normalized spacial score (nSPS) is 17.4. The second kappa shape index (κ2) is 8.79. The Kier molecular flexibility index (Phi) is 6.07. The third kappa shape index (κ3) is 4.28. The highest BCUT2D eigenvalue weighted by molar-refractivity contribution is 7.89. The predicted octanol–water partition coefficient (Wildman–Crippen LogP) is 1.86. The number of carbonyl (C=O) groups is 1. The van der Waals surface area contributed by atoms with E-state index in [9.17, 15) is 18.0 Å². The highest BCUT2D eigenvalue weighted by Gasteiger charge is 2.33. The van der Waals surface area contributed by atoms with Crippen molar-refractivity contribution in [3.63, 3.8) is 0 Å². The molecule has 1 atom stereocenters. The summed E-state index contributed by atoms with van der Waals surface area (Å²) in [5.74, 6) is -0.474. The Morgan fingerprint density at radius 2 is 2.06 bits per heavy atom. The lowest BCUT2D eigenvalue weighted by molar-refractivity contribution is -0.126. The number of hydrogen-bond acceptors (Lipinski definition) is 6. The third-order valence-corrected chi connectivity index (χ3v) is 7.62. The summed E-state index contributed by atoms with van der Waals surface area (Å²) in [4.78, 5) is 24.5. The molecular weight excluding hydrogens is 434 g/mol. The number of methoxy groups -OCH3 is 1. The van der Waals surface area contributed by atoms with Crippen LogP contribution in [0.1, 0.15) is 18.4 Å². The molecule has 1 aliphatic rings. The number of hydrogen-bond donors (Lipinski definition) is 1. The van der Waals surface area contributed by atoms with Crippen molar-refractivity contribution in [2.24, 2.45) is 13.0 Å². The number of carbonyl (C=O) groups excluding carboxylic acids is 1. The molecule has 1 fully saturated rings. The molecule has 2 aromatic carbocycles. The van der Waals surface area contributed by atoms with Crippen molar-refractivity contribution in [2.75, 3.05) is 20.2 Å². The van der Waals surface area contributed by atoms with Gasteiger partial charge in [-0.1, -0.05) is 12.1 Å². The Morgan fingerprint density at radius 3 is 2.84 bits per heavy atom. The van der Waals surface area contributed by atoms with E-state index in [1.807, 2.05) is 24.3 Å². The van der Waals surface area contributed by atoms with Gasteiger partial charge in [0.1, 0.15) is 5.75 Å². The molecule has 1 aliphatic heterocycles. The molecule has 1 N–H and O–H groups in total. The number of oxazole rings is 1. The van der Waals surface area contributed by atoms with Gasteiger partial charge in [0, 0.05) is 32.7 Å². The van der Waals surface area contributed by atoms with Crippen LogP contribution >= 0.6 is 0 Å². The summed E-state index contributed by atoms with van der Waals surface area (Å²) < 4.78 is 39.3. The maximum Gasteiger partial charge on any atom is 0.419 e. The second-order valence-corrected chi connectivity index (χ2v) is 9.77. The molecule has 1 saturated heterocycles. The minimum absolute atomic E-state index is 0.0387. The van der Waals surface area contributed by atoms with Crippen molar-refractivity contribution in [1.82, 2.24) is 14.2 Å². The van der Waals surface area contributed by atoms with Gasteiger partial charge in [-0.05, 0) is 42.7 Å². The molecule has 4 rings (SSSR count). The maximum absolute atomic E-state index is 13.2. The van der Waals surface area contributed by atoms with Crippen LogP contribution < -0.4 is 15.8 Å². The number of aromatic nitrogens is 1. The van der Waals surface area contributed by atoms with Crippen LogP contribution in [-0.4, -0.2) is 43.4 Å². The number of rotatable bonds is 6. The number of ether oxygens (including phenoxy) is 1. The van der Waals surface area contributed by atoms with Gasteiger partial charge >= 0.3 is 5.76 Å². The van der Waals surface area contributed by atoms with E-state index in [-0.39, 0.29) is 22.9 Å². The molecule has 10 heteroatoms. The molecule has 1 amide bonds. The first kappa shape index (κ1) is 22.1. The summed E-state index contributed by atoms with van der Waals surface area (Å²) in [6, 6.07) is 11.8. The minimum Gasteiger partial charge on any atom is -0.497 e. The van der Waals surface area contributed by atoms with Crippen molar-refractivity contribution < 1.29 is 22.4 Å². The van der Waals surface area contributed by atoms with E-state index in [0.717, 1.165) is 5.56 Å². The fraction of sp³-hybridized carbons (Fsp3) is 0.364. The smallest absolute Gasteiger partial charge is 0.419 e. The monoisotopic (exact) mass is 459 g/mol. The van der Waals surface area contributed by atoms with Crippen LogP contribution in [0.15, 0.2) is 56.6 Å². The number of nitrogens with one attached hydrogen (secondary N) is 1. The number of sulfonamides is 1. The summed E-state index contributed by atoms with van der Waals surface area (Å²) in [5, 5.41) is 2.90. The van der Waals surface area contributed by atoms with E-state index in [1.165, 1.54) is 21.0 Å². The largest absolute Gasteiger partial charge is 0.497 e. The first-order valence-corrected chi connectivity index (χ1v) is 11.7. The molecule has 3 aromatic rings. The highest BCUT2D eigenvalue weighted by Crippen LogP contribution is 2.26. The van der Waals surface area contributed by atoms with E-state index >= 15 is 0 Å². The first-order chi connectivity index (χ1) is 15.3. The maximum atomic E-state index is 13.2. The Hall–Kier alpha value is -3.11. The van der Waals surface area contributed by atoms with Gasteiger partial charge in [0.05, 0.1) is 23.4 Å². The number of amides is 1. The zero-order valence-electron chi connectivity index (χ0n) is 17.9. The topological polar surface area (TPSA) is 111 Å². The summed E-state index contributed by atoms with van der Waals surface area (Å²) in [6.07, 6.45) is 1.20. The Bertz CT molecular complexity index is 1310. The van der Waals surface area contributed by atoms with Gasteiger partial charge in [-0.3, -0.25) is 9.36 Å². The molecule has 1 unspecified atom stereocenters. The summed E-state index contributed by atoms with van der Waals surface area (Å²) in [6.45, 7) is 0.769. The Labute approximate surface area is 185 Å². The van der Waals surface area contributed by atoms with E-state index in [1.54, 1.807) is 20.2 Å². The fourth-order valence-electron chi connectivity index (χ4n) is 3.91. The van der Waals surface area contributed by atoms with Crippen molar-refractivity contribution in [3.8, 4) is 5.75 Å². The lowest BCUT2D eigenvalue weighted by Gasteiger charge is -2.31. The number of nitrogens with zero attached hydrogens (tertiary/aromatic N) is 2. The van der Waals surface area contributed by atoms with Gasteiger partial charge in [-0.15, -0.1) is 0 Å². The molecule has 9 nitrogen and oxygen atoms in total. The van der Waals surface area contributed by atoms with Gasteiger partial charge in [0.15, 0.2) is 5.58 Å². The van der Waals surface area contributed by atoms with Gasteiger partial charge < -0.3 is 14.5 Å². The van der Waals surface area contributed by atoms with Crippen molar-refractivity contribution in [1.29, 1.82) is 0 Å². The van der Waals surface area contributed by atoms with E-state index in [4.69, 9.17) is 9.15 Å². The lowest BCUT2D eigenvalue weighted by atomic mass is 9.99. The number of piperidine rings is 1. The van der Waals surface area contributed by atoms with Crippen molar-refractivity contribution in [3.05, 3.63) is 58.6 Å². The van der Waals surface area contributed by atoms with Crippen LogP contribution in [0.3, 0.4) is 0 Å². The first-order valence-electron chi connectivity index (χ1n) is 10.3. The van der Waals surface area contributed by atoms with Crippen LogP contribution in [0.2, 0.25) is 0 Å². The molecule has 2 heterocycles. The zero-order valence-corrected chi connectivity index (χ0v) is 18.7. The SMILES string of the molecule is COc1cccc(CNC(=O)C2CCCN(S(=O)(=O)c3ccc4c(c3)oc(=O)n4C)C2)c1. The molecule has 0 bridgehead atoms. The molecular formula is C22H25N3O6S. The Morgan fingerprint density at radius 1 is 1.25 bits per heavy atom. The van der Waals surface area contributed by atoms with Gasteiger partial charge in [0.25, 0.3) is 0 Å². The van der Waals surface area contributed by atoms with Crippen molar-refractivity contribution >= 4 is 27.0 Å². The highest BCUT2D eigenvalue weighted by atomic mass is 32.2. The summed E-state index contributed by atoms with van der Waals surface area (Å²) >= 11 is 0. The van der Waals surface area contributed by atoms with E-state index < -0.39 is 21.7 Å². The van der Waals surface area contributed by atoms with Crippen molar-refractivity contribution in [2.45, 2.75) is 24.3 Å². The lowest BCUT2D eigenvalue weighted by Crippen LogP contribution is -2.45. The molecule has 0 radical (unpaired) electrons. The minimum atomic E-state index is -3.83. The molecule has 0 spiro atoms. The average molecular weight is 460 g/mol. The third-order valence-electron chi connectivity index (χ3n) is 5.76. The van der Waals surface area contributed by atoms with Crippen LogP contribution in [0.5, 0.6) is 5.75 Å². The number of benzene rings is 2. The molecule has 32 heavy (non-hydrogen) atoms. The summed E-state index contributed by atoms with van der Waals surface area (Å²) in [7, 11) is -0.696. The molecule has 0 saturated carbocycles. The number of fused-ring (bicyclic) bond motifs is 1. The zero-order chi connectivity index (χ0) is 22.9. The summed E-state index contributed by atoms with van der Waals surface area (Å²) in [5.41, 5.74) is 1.63. The average Bonchev–Trinajstić information content (AvgIpc) is 3.10. The quantitative estimate of drug-likeness (QED) is 0.602. The van der Waals surface area contributed by atoms with Crippen LogP contribution in [0, 0.1) is 5.92 Å². The van der Waals surface area contributed by atoms with Gasteiger partial charge in [-0.25, -0.2) is 13.2 Å². The standard InChI is InChI=1S/C22H25N3O6S/c1-24-19-9-8-18(12-20(19)31-22(24)27)32(28,29)25-10-4-6-16(14-25)21(26)23-13-15-5-3-7-17(11-15)30-2/h3,5,7-9,11-12,16H,4,6,10,13-14H2,1-2H3,(H,23,26). The van der Waals surface area contributed by atoms with E-state index in [0.29, 0.717) is 37.2 Å². The van der Waals surface area contributed by atoms with E-state index in [2.05, 4.69) is 5.32 Å². The van der Waals surface area contributed by atoms with Crippen LogP contribution in [0.4, 0.5) is 0 Å². The number of aryl methyl sites for hydroxylation is 1. The van der Waals surface area contributed by atoms with Gasteiger partial charge in [0.2, 0.25) is 15.9 Å². The second-order valence-electron chi connectivity index (χ2n) is 7.83. The molecule has 170 valence electrons. The Balaban J connectivity index is 1.46.